The Morgan fingerprint density at radius 3 is 2.00 bits per heavy atom. The largest absolute Gasteiger partial charge is 0.508 e. The van der Waals surface area contributed by atoms with Crippen LogP contribution in [0.15, 0.2) is 48.0 Å². The van der Waals surface area contributed by atoms with Gasteiger partial charge in [-0.05, 0) is 29.7 Å². The number of carbonyl (C=O) groups excluding carboxylic acids is 1. The fraction of sp³-hybridized carbons (Fsp3) is 0.250. The minimum atomic E-state index is -0.716. The van der Waals surface area contributed by atoms with Crippen LogP contribution in [-0.2, 0) is 27.1 Å². The highest BCUT2D eigenvalue weighted by Crippen LogP contribution is 2.27. The fourth-order valence-electron chi connectivity index (χ4n) is 2.65. The number of hydrogen-bond donors (Lipinski definition) is 4. The minimum Gasteiger partial charge on any atom is -0.508 e. The Morgan fingerprint density at radius 1 is 0.963 bits per heavy atom. The third kappa shape index (κ3) is 5.15. The molecule has 0 saturated heterocycles. The molecule has 0 aromatic heterocycles. The van der Waals surface area contributed by atoms with Gasteiger partial charge in [0.2, 0.25) is 0 Å². The summed E-state index contributed by atoms with van der Waals surface area (Å²) in [4.78, 5) is 12.2. The molecular formula is C20H22O7. The number of carbonyl (C=O) groups is 1. The molecule has 1 atom stereocenters. The van der Waals surface area contributed by atoms with E-state index in [0.717, 1.165) is 0 Å². The van der Waals surface area contributed by atoms with Crippen molar-refractivity contribution in [3.63, 3.8) is 0 Å². The number of ether oxygens (including phenoxy) is 2. The van der Waals surface area contributed by atoms with Gasteiger partial charge in [0.05, 0.1) is 18.8 Å². The van der Waals surface area contributed by atoms with Crippen LogP contribution in [0.3, 0.4) is 0 Å². The van der Waals surface area contributed by atoms with Crippen molar-refractivity contribution in [3.8, 4) is 23.0 Å². The number of esters is 1. The summed E-state index contributed by atoms with van der Waals surface area (Å²) < 4.78 is 10.2. The van der Waals surface area contributed by atoms with Crippen molar-refractivity contribution >= 4 is 5.97 Å². The Kier molecular flexibility index (Phi) is 6.67. The van der Waals surface area contributed by atoms with Gasteiger partial charge in [-0.15, -0.1) is 0 Å². The maximum Gasteiger partial charge on any atom is 0.336 e. The third-order valence-electron chi connectivity index (χ3n) is 4.14. The van der Waals surface area contributed by atoms with Crippen molar-refractivity contribution in [2.75, 3.05) is 14.2 Å². The van der Waals surface area contributed by atoms with Crippen molar-refractivity contribution in [2.24, 2.45) is 0 Å². The quantitative estimate of drug-likeness (QED) is 0.434. The van der Waals surface area contributed by atoms with Gasteiger partial charge in [0.1, 0.15) is 23.0 Å². The maximum absolute atomic E-state index is 12.2. The number of phenolic OH excluding ortho intramolecular Hbond substituents is 4. The van der Waals surface area contributed by atoms with Crippen molar-refractivity contribution in [2.45, 2.75) is 18.9 Å². The summed E-state index contributed by atoms with van der Waals surface area (Å²) >= 11 is 0. The lowest BCUT2D eigenvalue weighted by molar-refractivity contribution is -0.137. The zero-order valence-corrected chi connectivity index (χ0v) is 15.0. The summed E-state index contributed by atoms with van der Waals surface area (Å²) in [5, 5.41) is 38.6. The Labute approximate surface area is 156 Å². The molecule has 1 unspecified atom stereocenters. The van der Waals surface area contributed by atoms with Gasteiger partial charge in [0.25, 0.3) is 0 Å². The molecule has 0 saturated carbocycles. The molecule has 0 radical (unpaired) electrons. The molecule has 2 aromatic rings. The van der Waals surface area contributed by atoms with Crippen LogP contribution in [-0.4, -0.2) is 46.7 Å². The lowest BCUT2D eigenvalue weighted by atomic mass is 9.98. The van der Waals surface area contributed by atoms with Crippen LogP contribution in [0.2, 0.25) is 0 Å². The maximum atomic E-state index is 12.2. The first-order chi connectivity index (χ1) is 12.8. The smallest absolute Gasteiger partial charge is 0.336 e. The molecule has 0 aliphatic carbocycles. The fourth-order valence-corrected chi connectivity index (χ4v) is 2.65. The molecule has 0 spiro atoms. The number of aromatic hydroxyl groups is 4. The highest BCUT2D eigenvalue weighted by atomic mass is 16.5. The Bertz CT molecular complexity index is 842. The molecule has 2 rings (SSSR count). The first kappa shape index (κ1) is 20.1. The van der Waals surface area contributed by atoms with E-state index in [-0.39, 0.29) is 41.4 Å². The van der Waals surface area contributed by atoms with Gasteiger partial charge in [-0.2, -0.15) is 0 Å². The van der Waals surface area contributed by atoms with Crippen LogP contribution >= 0.6 is 0 Å². The van der Waals surface area contributed by atoms with Crippen LogP contribution in [0.4, 0.5) is 0 Å². The van der Waals surface area contributed by atoms with E-state index < -0.39 is 12.1 Å². The summed E-state index contributed by atoms with van der Waals surface area (Å²) in [5.41, 5.74) is 1.22. The van der Waals surface area contributed by atoms with Crippen LogP contribution < -0.4 is 0 Å². The molecule has 7 nitrogen and oxygen atoms in total. The Hall–Kier alpha value is -3.19. The molecule has 0 bridgehead atoms. The van der Waals surface area contributed by atoms with Gasteiger partial charge in [-0.3, -0.25) is 0 Å². The molecule has 0 heterocycles. The second-order valence-electron chi connectivity index (χ2n) is 5.91. The van der Waals surface area contributed by atoms with E-state index in [0.29, 0.717) is 11.1 Å². The molecule has 2 aromatic carbocycles. The van der Waals surface area contributed by atoms with E-state index >= 15 is 0 Å². The first-order valence-corrected chi connectivity index (χ1v) is 8.18. The molecule has 0 fully saturated rings. The van der Waals surface area contributed by atoms with E-state index in [4.69, 9.17) is 9.47 Å². The topological polar surface area (TPSA) is 116 Å². The zero-order chi connectivity index (χ0) is 20.0. The second-order valence-corrected chi connectivity index (χ2v) is 5.91. The summed E-state index contributed by atoms with van der Waals surface area (Å²) in [6.07, 6.45) is 1.24. The predicted molar refractivity (Wildman–Crippen MR) is 97.8 cm³/mol. The van der Waals surface area contributed by atoms with Gasteiger partial charge in [0, 0.05) is 25.7 Å². The number of benzene rings is 2. The normalized spacial score (nSPS) is 12.6. The Balaban J connectivity index is 2.30. The molecule has 0 amide bonds. The SMILES string of the molecule is COC(=O)C(=CCc1ccc(O)cc1O)C(Cc1ccc(O)cc1O)OC. The van der Waals surface area contributed by atoms with E-state index in [1.165, 1.54) is 44.6 Å². The van der Waals surface area contributed by atoms with Crippen molar-refractivity contribution in [3.05, 3.63) is 59.2 Å². The van der Waals surface area contributed by atoms with Crippen LogP contribution in [0, 0.1) is 0 Å². The number of allylic oxidation sites excluding steroid dienone is 1. The summed E-state index contributed by atoms with van der Waals surface area (Å²) in [7, 11) is 2.68. The third-order valence-corrected chi connectivity index (χ3v) is 4.14. The first-order valence-electron chi connectivity index (χ1n) is 8.18. The van der Waals surface area contributed by atoms with Crippen LogP contribution in [0.5, 0.6) is 23.0 Å². The number of phenols is 4. The predicted octanol–water partition coefficient (Wildman–Crippen LogP) is 2.41. The van der Waals surface area contributed by atoms with Crippen LogP contribution in [0.25, 0.3) is 0 Å². The van der Waals surface area contributed by atoms with Crippen LogP contribution in [0.1, 0.15) is 11.1 Å². The number of hydrogen-bond acceptors (Lipinski definition) is 7. The monoisotopic (exact) mass is 374 g/mol. The number of methoxy groups -OCH3 is 2. The molecule has 7 heteroatoms. The van der Waals surface area contributed by atoms with Crippen molar-refractivity contribution in [1.29, 1.82) is 0 Å². The van der Waals surface area contributed by atoms with Gasteiger partial charge in [-0.25, -0.2) is 4.79 Å². The lowest BCUT2D eigenvalue weighted by Gasteiger charge is -2.18. The minimum absolute atomic E-state index is 0.0639. The number of rotatable bonds is 7. The Morgan fingerprint density at radius 2 is 1.52 bits per heavy atom. The highest BCUT2D eigenvalue weighted by Gasteiger charge is 2.23. The summed E-state index contributed by atoms with van der Waals surface area (Å²) in [6, 6.07) is 8.36. The molecule has 4 N–H and O–H groups in total. The summed E-state index contributed by atoms with van der Waals surface area (Å²) in [5.74, 6) is -0.945. The molecule has 0 aliphatic heterocycles. The standard InChI is InChI=1S/C20H22O7/c1-26-19(9-13-4-7-15(22)11-18(13)24)16(20(25)27-2)8-5-12-3-6-14(21)10-17(12)23/h3-4,6-8,10-11,19,21-24H,5,9H2,1-2H3. The van der Waals surface area contributed by atoms with E-state index in [1.807, 2.05) is 0 Å². The molecular weight excluding hydrogens is 352 g/mol. The highest BCUT2D eigenvalue weighted by molar-refractivity contribution is 5.89. The summed E-state index contributed by atoms with van der Waals surface area (Å²) in [6.45, 7) is 0. The van der Waals surface area contributed by atoms with E-state index in [9.17, 15) is 25.2 Å². The van der Waals surface area contributed by atoms with E-state index in [2.05, 4.69) is 0 Å². The van der Waals surface area contributed by atoms with Gasteiger partial charge < -0.3 is 29.9 Å². The van der Waals surface area contributed by atoms with E-state index in [1.54, 1.807) is 12.1 Å². The van der Waals surface area contributed by atoms with Gasteiger partial charge in [0.15, 0.2) is 0 Å². The van der Waals surface area contributed by atoms with Crippen molar-refractivity contribution in [1.82, 2.24) is 0 Å². The molecule has 27 heavy (non-hydrogen) atoms. The molecule has 0 aliphatic rings. The van der Waals surface area contributed by atoms with Gasteiger partial charge in [-0.1, -0.05) is 18.2 Å². The lowest BCUT2D eigenvalue weighted by Crippen LogP contribution is -2.24. The second kappa shape index (κ2) is 8.95. The van der Waals surface area contributed by atoms with Crippen molar-refractivity contribution < 1.29 is 34.7 Å². The average molecular weight is 374 g/mol. The average Bonchev–Trinajstić information content (AvgIpc) is 2.63. The molecule has 144 valence electrons. The zero-order valence-electron chi connectivity index (χ0n) is 15.0. The van der Waals surface area contributed by atoms with Gasteiger partial charge >= 0.3 is 5.97 Å².